The van der Waals surface area contributed by atoms with Crippen LogP contribution in [-0.4, -0.2) is 17.9 Å². The summed E-state index contributed by atoms with van der Waals surface area (Å²) in [7, 11) is 1.25. The van der Waals surface area contributed by atoms with Gasteiger partial charge in [-0.05, 0) is 0 Å². The van der Waals surface area contributed by atoms with E-state index in [1.165, 1.54) is 7.05 Å². The molecule has 7 heteroatoms. The number of nitrogens with one attached hydrogen (secondary N) is 1. The minimum absolute atomic E-state index is 0.403. The lowest BCUT2D eigenvalue weighted by Crippen LogP contribution is -2.21. The Bertz CT molecular complexity index is 320. The number of rotatable bonds is 1. The normalized spacial score (nSPS) is 11.4. The van der Waals surface area contributed by atoms with E-state index in [4.69, 9.17) is 0 Å². The molecule has 1 N–H and O–H groups in total. The van der Waals surface area contributed by atoms with Crippen molar-refractivity contribution in [2.75, 3.05) is 7.05 Å². The first-order valence-electron chi connectivity index (χ1n) is 3.19. The first-order chi connectivity index (χ1) is 5.96. The van der Waals surface area contributed by atoms with Crippen LogP contribution >= 0.6 is 11.3 Å². The molecule has 0 saturated carbocycles. The molecule has 0 aliphatic carbocycles. The summed E-state index contributed by atoms with van der Waals surface area (Å²) in [5, 5.41) is 2.09. The van der Waals surface area contributed by atoms with Gasteiger partial charge >= 0.3 is 6.18 Å². The lowest BCUT2D eigenvalue weighted by atomic mass is 10.3. The van der Waals surface area contributed by atoms with Crippen LogP contribution in [-0.2, 0) is 6.18 Å². The van der Waals surface area contributed by atoms with Crippen LogP contribution in [0.25, 0.3) is 0 Å². The second-order valence-corrected chi connectivity index (χ2v) is 2.96. The van der Waals surface area contributed by atoms with Crippen LogP contribution in [0, 0.1) is 0 Å². The maximum Gasteiger partial charge on any atom is 0.427 e. The van der Waals surface area contributed by atoms with E-state index in [2.05, 4.69) is 10.3 Å². The number of amides is 1. The minimum Gasteiger partial charge on any atom is -0.354 e. The van der Waals surface area contributed by atoms with Crippen LogP contribution in [0.5, 0.6) is 0 Å². The van der Waals surface area contributed by atoms with Crippen molar-refractivity contribution in [1.82, 2.24) is 10.3 Å². The smallest absolute Gasteiger partial charge is 0.354 e. The van der Waals surface area contributed by atoms with E-state index < -0.39 is 22.7 Å². The molecule has 0 spiro atoms. The van der Waals surface area contributed by atoms with Crippen molar-refractivity contribution in [3.05, 3.63) is 16.1 Å². The van der Waals surface area contributed by atoms with Gasteiger partial charge in [0.1, 0.15) is 4.88 Å². The van der Waals surface area contributed by atoms with E-state index in [1.807, 2.05) is 0 Å². The number of carbonyl (C=O) groups is 1. The molecule has 1 rings (SSSR count). The summed E-state index contributed by atoms with van der Waals surface area (Å²) in [6.45, 7) is 0. The van der Waals surface area contributed by atoms with Crippen molar-refractivity contribution in [3.63, 3.8) is 0 Å². The number of hydrogen-bond acceptors (Lipinski definition) is 3. The molecule has 1 aromatic rings. The fourth-order valence-corrected chi connectivity index (χ4v) is 1.38. The van der Waals surface area contributed by atoms with Crippen LogP contribution in [0.1, 0.15) is 15.4 Å². The van der Waals surface area contributed by atoms with Crippen LogP contribution in [0.4, 0.5) is 13.2 Å². The van der Waals surface area contributed by atoms with Gasteiger partial charge < -0.3 is 5.32 Å². The Morgan fingerprint density at radius 3 is 2.69 bits per heavy atom. The molecule has 0 aliphatic heterocycles. The lowest BCUT2D eigenvalue weighted by molar-refractivity contribution is -0.134. The Hall–Kier alpha value is -1.11. The molecular formula is C6H5F3N2OS. The van der Waals surface area contributed by atoms with Gasteiger partial charge in [0.15, 0.2) is 5.69 Å². The van der Waals surface area contributed by atoms with Crippen molar-refractivity contribution in [2.45, 2.75) is 6.18 Å². The van der Waals surface area contributed by atoms with Crippen LogP contribution in [0.15, 0.2) is 5.51 Å². The zero-order valence-corrected chi connectivity index (χ0v) is 7.29. The Morgan fingerprint density at radius 2 is 2.23 bits per heavy atom. The second kappa shape index (κ2) is 3.33. The third-order valence-corrected chi connectivity index (χ3v) is 2.14. The highest BCUT2D eigenvalue weighted by atomic mass is 32.1. The van der Waals surface area contributed by atoms with Gasteiger partial charge in [-0.15, -0.1) is 11.3 Å². The predicted octanol–water partition coefficient (Wildman–Crippen LogP) is 1.52. The van der Waals surface area contributed by atoms with E-state index in [0.717, 1.165) is 5.51 Å². The van der Waals surface area contributed by atoms with Crippen molar-refractivity contribution >= 4 is 17.2 Å². The Morgan fingerprint density at radius 1 is 1.62 bits per heavy atom. The summed E-state index contributed by atoms with van der Waals surface area (Å²) in [4.78, 5) is 13.2. The molecule has 0 fully saturated rings. The molecule has 0 aliphatic rings. The van der Waals surface area contributed by atoms with Gasteiger partial charge in [0, 0.05) is 7.05 Å². The molecule has 3 nitrogen and oxygen atoms in total. The Labute approximate surface area is 75.6 Å². The van der Waals surface area contributed by atoms with Gasteiger partial charge in [-0.3, -0.25) is 4.79 Å². The Kier molecular flexibility index (Phi) is 2.55. The SMILES string of the molecule is CNC(=O)c1ncsc1C(F)(F)F. The highest BCUT2D eigenvalue weighted by molar-refractivity contribution is 7.10. The average Bonchev–Trinajstić information content (AvgIpc) is 2.49. The van der Waals surface area contributed by atoms with E-state index in [9.17, 15) is 18.0 Å². The van der Waals surface area contributed by atoms with E-state index in [0.29, 0.717) is 11.3 Å². The zero-order valence-electron chi connectivity index (χ0n) is 6.47. The number of alkyl halides is 3. The first kappa shape index (κ1) is 9.97. The van der Waals surface area contributed by atoms with Crippen molar-refractivity contribution in [2.24, 2.45) is 0 Å². The Balaban J connectivity index is 3.10. The van der Waals surface area contributed by atoms with Crippen LogP contribution in [0.3, 0.4) is 0 Å². The predicted molar refractivity (Wildman–Crippen MR) is 40.5 cm³/mol. The summed E-state index contributed by atoms with van der Waals surface area (Å²) < 4.78 is 36.5. The summed E-state index contributed by atoms with van der Waals surface area (Å²) in [6.07, 6.45) is -4.51. The maximum absolute atomic E-state index is 12.2. The second-order valence-electron chi connectivity index (χ2n) is 2.11. The molecule has 1 aromatic heterocycles. The van der Waals surface area contributed by atoms with Crippen molar-refractivity contribution < 1.29 is 18.0 Å². The first-order valence-corrected chi connectivity index (χ1v) is 4.07. The van der Waals surface area contributed by atoms with Crippen molar-refractivity contribution in [1.29, 1.82) is 0 Å². The molecule has 1 amide bonds. The molecule has 13 heavy (non-hydrogen) atoms. The lowest BCUT2D eigenvalue weighted by Gasteiger charge is -2.04. The number of hydrogen-bond donors (Lipinski definition) is 1. The molecule has 0 bridgehead atoms. The molecule has 0 radical (unpaired) electrons. The largest absolute Gasteiger partial charge is 0.427 e. The van der Waals surface area contributed by atoms with Gasteiger partial charge in [0.05, 0.1) is 5.51 Å². The zero-order chi connectivity index (χ0) is 10.1. The van der Waals surface area contributed by atoms with Crippen molar-refractivity contribution in [3.8, 4) is 0 Å². The monoisotopic (exact) mass is 210 g/mol. The third kappa shape index (κ3) is 1.97. The summed E-state index contributed by atoms with van der Waals surface area (Å²) in [5.74, 6) is -0.825. The average molecular weight is 210 g/mol. The summed E-state index contributed by atoms with van der Waals surface area (Å²) in [5.41, 5.74) is 0.424. The quantitative estimate of drug-likeness (QED) is 0.763. The fourth-order valence-electron chi connectivity index (χ4n) is 0.727. The third-order valence-electron chi connectivity index (χ3n) is 1.27. The number of carbonyl (C=O) groups excluding carboxylic acids is 1. The summed E-state index contributed by atoms with van der Waals surface area (Å²) >= 11 is 0.403. The van der Waals surface area contributed by atoms with Gasteiger partial charge in [0.2, 0.25) is 0 Å². The number of halogens is 3. The van der Waals surface area contributed by atoms with Gasteiger partial charge in [-0.2, -0.15) is 13.2 Å². The minimum atomic E-state index is -4.51. The summed E-state index contributed by atoms with van der Waals surface area (Å²) in [6, 6.07) is 0. The standard InChI is InChI=1S/C6H5F3N2OS/c1-10-5(12)3-4(6(7,8)9)13-2-11-3/h2H,1H3,(H,10,12). The molecular weight excluding hydrogens is 205 g/mol. The molecule has 0 saturated heterocycles. The highest BCUT2D eigenvalue weighted by Crippen LogP contribution is 2.34. The molecule has 1 heterocycles. The van der Waals surface area contributed by atoms with Gasteiger partial charge in [0.25, 0.3) is 5.91 Å². The molecule has 0 unspecified atom stereocenters. The topological polar surface area (TPSA) is 42.0 Å². The van der Waals surface area contributed by atoms with E-state index in [1.54, 1.807) is 0 Å². The maximum atomic E-state index is 12.2. The van der Waals surface area contributed by atoms with E-state index in [-0.39, 0.29) is 0 Å². The number of thiazole rings is 1. The van der Waals surface area contributed by atoms with E-state index >= 15 is 0 Å². The molecule has 0 atom stereocenters. The van der Waals surface area contributed by atoms with Crippen LogP contribution < -0.4 is 5.32 Å². The number of aromatic nitrogens is 1. The molecule has 72 valence electrons. The fraction of sp³-hybridized carbons (Fsp3) is 0.333. The van der Waals surface area contributed by atoms with Crippen LogP contribution in [0.2, 0.25) is 0 Å². The van der Waals surface area contributed by atoms with Gasteiger partial charge in [-0.1, -0.05) is 0 Å². The van der Waals surface area contributed by atoms with Gasteiger partial charge in [-0.25, -0.2) is 4.98 Å². The highest BCUT2D eigenvalue weighted by Gasteiger charge is 2.37. The molecule has 0 aromatic carbocycles. The number of nitrogens with zero attached hydrogens (tertiary/aromatic N) is 1.